The molecule has 1 saturated heterocycles. The topological polar surface area (TPSA) is 66.9 Å². The van der Waals surface area contributed by atoms with Gasteiger partial charge in [-0.3, -0.25) is 4.79 Å². The number of aromatic nitrogens is 1. The van der Waals surface area contributed by atoms with Gasteiger partial charge < -0.3 is 24.6 Å². The van der Waals surface area contributed by atoms with Gasteiger partial charge in [0.2, 0.25) is 0 Å². The first kappa shape index (κ1) is 23.5. The summed E-state index contributed by atoms with van der Waals surface area (Å²) in [5.74, 6) is 2.25. The van der Waals surface area contributed by atoms with E-state index in [2.05, 4.69) is 27.2 Å². The lowest BCUT2D eigenvalue weighted by atomic mass is 10.1. The highest BCUT2D eigenvalue weighted by Crippen LogP contribution is 2.29. The highest BCUT2D eigenvalue weighted by Gasteiger charge is 2.21. The summed E-state index contributed by atoms with van der Waals surface area (Å²) >= 11 is 0. The van der Waals surface area contributed by atoms with Gasteiger partial charge in [-0.05, 0) is 66.9 Å². The molecule has 1 amide bonds. The van der Waals surface area contributed by atoms with Gasteiger partial charge in [-0.1, -0.05) is 18.2 Å². The molecule has 4 aromatic rings. The summed E-state index contributed by atoms with van der Waals surface area (Å²) in [5.41, 5.74) is 2.43. The molecule has 1 aromatic heterocycles. The number of pyridine rings is 1. The molecule has 1 aliphatic heterocycles. The normalized spacial score (nSPS) is 13.5. The second kappa shape index (κ2) is 10.6. The maximum absolute atomic E-state index is 13.1. The van der Waals surface area contributed by atoms with Crippen molar-refractivity contribution < 1.29 is 14.3 Å². The molecular weight excluding hydrogens is 452 g/mol. The van der Waals surface area contributed by atoms with Crippen molar-refractivity contribution in [3.63, 3.8) is 0 Å². The largest absolute Gasteiger partial charge is 0.497 e. The third kappa shape index (κ3) is 4.91. The minimum Gasteiger partial charge on any atom is -0.497 e. The van der Waals surface area contributed by atoms with E-state index < -0.39 is 0 Å². The number of piperazine rings is 1. The van der Waals surface area contributed by atoms with E-state index in [1.54, 1.807) is 7.11 Å². The molecule has 0 bridgehead atoms. The molecule has 0 radical (unpaired) electrons. The number of anilines is 3. The maximum atomic E-state index is 13.1. The summed E-state index contributed by atoms with van der Waals surface area (Å²) < 4.78 is 10.9. The lowest BCUT2D eigenvalue weighted by Gasteiger charge is -2.37. The second-order valence-corrected chi connectivity index (χ2v) is 8.63. The summed E-state index contributed by atoms with van der Waals surface area (Å²) in [6.45, 7) is 5.92. The second-order valence-electron chi connectivity index (χ2n) is 8.63. The molecule has 1 N–H and O–H groups in total. The van der Waals surface area contributed by atoms with E-state index in [1.807, 2.05) is 73.8 Å². The molecule has 0 saturated carbocycles. The third-order valence-electron chi connectivity index (χ3n) is 6.46. The van der Waals surface area contributed by atoms with Crippen LogP contribution >= 0.6 is 0 Å². The number of benzene rings is 3. The zero-order valence-corrected chi connectivity index (χ0v) is 20.6. The fourth-order valence-corrected chi connectivity index (χ4v) is 4.56. The van der Waals surface area contributed by atoms with Gasteiger partial charge in [0.25, 0.3) is 5.91 Å². The predicted octanol–water partition coefficient (Wildman–Crippen LogP) is 5.22. The Labute approximate surface area is 211 Å². The van der Waals surface area contributed by atoms with Gasteiger partial charge in [0, 0.05) is 49.0 Å². The number of methoxy groups -OCH3 is 1. The van der Waals surface area contributed by atoms with Crippen molar-refractivity contribution in [1.82, 2.24) is 4.98 Å². The first-order valence-electron chi connectivity index (χ1n) is 12.2. The van der Waals surface area contributed by atoms with E-state index in [1.165, 1.54) is 5.69 Å². The summed E-state index contributed by atoms with van der Waals surface area (Å²) in [7, 11) is 1.68. The van der Waals surface area contributed by atoms with E-state index in [0.717, 1.165) is 48.5 Å². The standard InChI is InChI=1S/C29H30N4O3/c1-3-36-27-7-5-4-6-26(27)31-29(34)22-9-8-21-14-15-30-28(25(21)20-22)33-18-16-32(17-19-33)23-10-12-24(35-2)13-11-23/h4-15,20H,3,16-19H2,1-2H3,(H,31,34). The van der Waals surface area contributed by atoms with E-state index in [4.69, 9.17) is 14.5 Å². The Bertz CT molecular complexity index is 1350. The van der Waals surface area contributed by atoms with E-state index in [0.29, 0.717) is 23.6 Å². The average Bonchev–Trinajstić information content (AvgIpc) is 2.94. The molecule has 0 spiro atoms. The van der Waals surface area contributed by atoms with E-state index in [9.17, 15) is 4.79 Å². The number of para-hydroxylation sites is 2. The monoisotopic (exact) mass is 482 g/mol. The first-order valence-corrected chi connectivity index (χ1v) is 12.2. The van der Waals surface area contributed by atoms with Crippen LogP contribution in [0.1, 0.15) is 17.3 Å². The Morgan fingerprint density at radius 2 is 1.69 bits per heavy atom. The number of carbonyl (C=O) groups excluding carboxylic acids is 1. The molecule has 3 aromatic carbocycles. The number of nitrogens with one attached hydrogen (secondary N) is 1. The zero-order chi connectivity index (χ0) is 24.9. The van der Waals surface area contributed by atoms with E-state index >= 15 is 0 Å². The maximum Gasteiger partial charge on any atom is 0.255 e. The van der Waals surface area contributed by atoms with Gasteiger partial charge in [-0.15, -0.1) is 0 Å². The SMILES string of the molecule is CCOc1ccccc1NC(=O)c1ccc2ccnc(N3CCN(c4ccc(OC)cc4)CC3)c2c1. The third-order valence-corrected chi connectivity index (χ3v) is 6.46. The highest BCUT2D eigenvalue weighted by atomic mass is 16.5. The molecule has 184 valence electrons. The van der Waals surface area contributed by atoms with Gasteiger partial charge in [-0.25, -0.2) is 4.98 Å². The quantitative estimate of drug-likeness (QED) is 0.390. The number of nitrogens with zero attached hydrogens (tertiary/aromatic N) is 3. The molecule has 7 nitrogen and oxygen atoms in total. The number of carbonyl (C=O) groups is 1. The van der Waals surface area contributed by atoms with Gasteiger partial charge in [0.05, 0.1) is 19.4 Å². The van der Waals surface area contributed by atoms with Gasteiger partial charge in [0.1, 0.15) is 17.3 Å². The Hall–Kier alpha value is -4.26. The molecule has 1 aliphatic rings. The van der Waals surface area contributed by atoms with Crippen LogP contribution in [0, 0.1) is 0 Å². The number of hydrogen-bond donors (Lipinski definition) is 1. The fourth-order valence-electron chi connectivity index (χ4n) is 4.56. The van der Waals surface area contributed by atoms with Crippen LogP contribution < -0.4 is 24.6 Å². The van der Waals surface area contributed by atoms with Gasteiger partial charge in [0.15, 0.2) is 0 Å². The lowest BCUT2D eigenvalue weighted by Crippen LogP contribution is -2.46. The Morgan fingerprint density at radius 1 is 0.944 bits per heavy atom. The lowest BCUT2D eigenvalue weighted by molar-refractivity contribution is 0.102. The number of rotatable bonds is 7. The van der Waals surface area contributed by atoms with Gasteiger partial charge in [-0.2, -0.15) is 0 Å². The molecule has 1 fully saturated rings. The molecule has 0 atom stereocenters. The molecule has 0 unspecified atom stereocenters. The Morgan fingerprint density at radius 3 is 2.44 bits per heavy atom. The van der Waals surface area contributed by atoms with Crippen molar-refractivity contribution in [2.45, 2.75) is 6.92 Å². The Kier molecular flexibility index (Phi) is 6.89. The van der Waals surface area contributed by atoms with Crippen molar-refractivity contribution in [2.24, 2.45) is 0 Å². The van der Waals surface area contributed by atoms with Crippen LogP contribution in [0.3, 0.4) is 0 Å². The average molecular weight is 483 g/mol. The van der Waals surface area contributed by atoms with Crippen molar-refractivity contribution in [3.8, 4) is 11.5 Å². The van der Waals surface area contributed by atoms with Crippen LogP contribution in [0.25, 0.3) is 10.8 Å². The first-order chi connectivity index (χ1) is 17.7. The van der Waals surface area contributed by atoms with Crippen molar-refractivity contribution in [3.05, 3.63) is 84.6 Å². The van der Waals surface area contributed by atoms with Crippen LogP contribution in [0.15, 0.2) is 79.0 Å². The molecule has 7 heteroatoms. The molecular formula is C29H30N4O3. The van der Waals surface area contributed by atoms with E-state index in [-0.39, 0.29) is 5.91 Å². The summed E-state index contributed by atoms with van der Waals surface area (Å²) in [6, 6.07) is 23.4. The van der Waals surface area contributed by atoms with Crippen LogP contribution in [0.2, 0.25) is 0 Å². The van der Waals surface area contributed by atoms with Gasteiger partial charge >= 0.3 is 0 Å². The predicted molar refractivity (Wildman–Crippen MR) is 145 cm³/mol. The number of fused-ring (bicyclic) bond motifs is 1. The summed E-state index contributed by atoms with van der Waals surface area (Å²) in [4.78, 5) is 22.5. The minimum absolute atomic E-state index is 0.178. The molecule has 36 heavy (non-hydrogen) atoms. The summed E-state index contributed by atoms with van der Waals surface area (Å²) in [5, 5.41) is 5.03. The minimum atomic E-state index is -0.178. The molecule has 0 aliphatic carbocycles. The Balaban J connectivity index is 1.34. The van der Waals surface area contributed by atoms with Crippen LogP contribution in [0.5, 0.6) is 11.5 Å². The van der Waals surface area contributed by atoms with Crippen molar-refractivity contribution in [2.75, 3.05) is 55.0 Å². The van der Waals surface area contributed by atoms with Crippen molar-refractivity contribution >= 4 is 33.9 Å². The fraction of sp³-hybridized carbons (Fsp3) is 0.241. The van der Waals surface area contributed by atoms with Crippen molar-refractivity contribution in [1.29, 1.82) is 0 Å². The smallest absolute Gasteiger partial charge is 0.255 e. The summed E-state index contributed by atoms with van der Waals surface area (Å²) in [6.07, 6.45) is 1.84. The molecule has 2 heterocycles. The van der Waals surface area contributed by atoms with Crippen LogP contribution in [-0.2, 0) is 0 Å². The zero-order valence-electron chi connectivity index (χ0n) is 20.6. The number of ether oxygens (including phenoxy) is 2. The number of hydrogen-bond acceptors (Lipinski definition) is 6. The van der Waals surface area contributed by atoms with Crippen LogP contribution in [-0.4, -0.2) is 50.8 Å². The van der Waals surface area contributed by atoms with Crippen LogP contribution in [0.4, 0.5) is 17.2 Å². The highest BCUT2D eigenvalue weighted by molar-refractivity contribution is 6.08. The number of amides is 1. The molecule has 5 rings (SSSR count).